The lowest BCUT2D eigenvalue weighted by Crippen LogP contribution is -2.34. The molecular weight excluding hydrogens is 464 g/mol. The Morgan fingerprint density at radius 2 is 1.73 bits per heavy atom. The fourth-order valence-corrected chi connectivity index (χ4v) is 5.34. The Morgan fingerprint density at radius 3 is 2.39 bits per heavy atom. The third-order valence-electron chi connectivity index (χ3n) is 5.59. The molecule has 1 fully saturated rings. The molecule has 2 amide bonds. The quantitative estimate of drug-likeness (QED) is 0.401. The monoisotopic (exact) mass is 492 g/mol. The van der Waals surface area contributed by atoms with Crippen molar-refractivity contribution in [1.82, 2.24) is 19.8 Å². The largest absolute Gasteiger partial charge is 0.448 e. The highest BCUT2D eigenvalue weighted by atomic mass is 32.2. The van der Waals surface area contributed by atoms with E-state index in [1.807, 2.05) is 19.9 Å². The summed E-state index contributed by atoms with van der Waals surface area (Å²) < 4.78 is 13.4. The number of aromatic nitrogens is 3. The summed E-state index contributed by atoms with van der Waals surface area (Å²) in [6.07, 6.45) is 3.94. The lowest BCUT2D eigenvalue weighted by Gasteiger charge is -2.21. The van der Waals surface area contributed by atoms with Crippen molar-refractivity contribution in [3.8, 4) is 11.5 Å². The molecule has 0 radical (unpaired) electrons. The second-order valence-electron chi connectivity index (χ2n) is 7.81. The minimum atomic E-state index is -0.530. The zero-order valence-corrected chi connectivity index (χ0v) is 20.3. The first kappa shape index (κ1) is 23.6. The highest BCUT2D eigenvalue weighted by Gasteiger charge is 2.44. The lowest BCUT2D eigenvalue weighted by atomic mass is 10.2. The zero-order chi connectivity index (χ0) is 23.4. The highest BCUT2D eigenvalue weighted by molar-refractivity contribution is 8.00. The van der Waals surface area contributed by atoms with Gasteiger partial charge in [-0.05, 0) is 38.8 Å². The SMILES string of the molecule is CCN(CC)C(=O)CSc1nnc(SCC(=O)Nc2ccc3c(c2)OC2(CCCC2)O3)n1N. The van der Waals surface area contributed by atoms with Crippen LogP contribution >= 0.6 is 23.5 Å². The summed E-state index contributed by atoms with van der Waals surface area (Å²) in [5, 5.41) is 11.8. The number of benzene rings is 1. The summed E-state index contributed by atoms with van der Waals surface area (Å²) in [5.74, 6) is 7.04. The van der Waals surface area contributed by atoms with Crippen molar-refractivity contribution in [2.24, 2.45) is 0 Å². The Hall–Kier alpha value is -2.60. The molecule has 33 heavy (non-hydrogen) atoms. The molecule has 0 atom stereocenters. The van der Waals surface area contributed by atoms with Gasteiger partial charge >= 0.3 is 0 Å². The maximum Gasteiger partial charge on any atom is 0.251 e. The number of thioether (sulfide) groups is 2. The molecule has 3 N–H and O–H groups in total. The molecule has 2 aliphatic rings. The number of nitrogens with two attached hydrogens (primary N) is 1. The van der Waals surface area contributed by atoms with Gasteiger partial charge in [-0.15, -0.1) is 10.2 Å². The van der Waals surface area contributed by atoms with Crippen LogP contribution in [0.15, 0.2) is 28.5 Å². The van der Waals surface area contributed by atoms with Crippen LogP contribution in [0.3, 0.4) is 0 Å². The van der Waals surface area contributed by atoms with Crippen molar-refractivity contribution in [2.75, 3.05) is 35.8 Å². The van der Waals surface area contributed by atoms with E-state index >= 15 is 0 Å². The van der Waals surface area contributed by atoms with Crippen LogP contribution < -0.4 is 20.6 Å². The fourth-order valence-electron chi connectivity index (χ4n) is 3.87. The number of amides is 2. The third kappa shape index (κ3) is 5.32. The molecule has 1 aliphatic carbocycles. The number of hydrogen-bond acceptors (Lipinski definition) is 9. The Bertz CT molecular complexity index is 1020. The van der Waals surface area contributed by atoms with E-state index in [1.165, 1.54) is 28.2 Å². The zero-order valence-electron chi connectivity index (χ0n) is 18.7. The predicted molar refractivity (Wildman–Crippen MR) is 127 cm³/mol. The molecule has 10 nitrogen and oxygen atoms in total. The van der Waals surface area contributed by atoms with Crippen LogP contribution in [0.2, 0.25) is 0 Å². The summed E-state index contributed by atoms with van der Waals surface area (Å²) in [7, 11) is 0. The van der Waals surface area contributed by atoms with Crippen LogP contribution in [0.1, 0.15) is 39.5 Å². The summed E-state index contributed by atoms with van der Waals surface area (Å²) in [6.45, 7) is 5.19. The van der Waals surface area contributed by atoms with Crippen LogP contribution in [-0.4, -0.2) is 62.0 Å². The number of anilines is 1. The third-order valence-corrected chi connectivity index (χ3v) is 7.46. The molecule has 1 aromatic heterocycles. The van der Waals surface area contributed by atoms with Crippen molar-refractivity contribution in [3.63, 3.8) is 0 Å². The molecule has 12 heteroatoms. The summed E-state index contributed by atoms with van der Waals surface area (Å²) in [4.78, 5) is 26.4. The number of carbonyl (C=O) groups is 2. The molecule has 0 unspecified atom stereocenters. The van der Waals surface area contributed by atoms with Crippen LogP contribution in [0.25, 0.3) is 0 Å². The number of hydrogen-bond donors (Lipinski definition) is 2. The van der Waals surface area contributed by atoms with Gasteiger partial charge < -0.3 is 25.5 Å². The summed E-state index contributed by atoms with van der Waals surface area (Å²) >= 11 is 2.40. The van der Waals surface area contributed by atoms with E-state index in [9.17, 15) is 9.59 Å². The number of rotatable bonds is 9. The van der Waals surface area contributed by atoms with Crippen LogP contribution in [0, 0.1) is 0 Å². The summed E-state index contributed by atoms with van der Waals surface area (Å²) in [5.41, 5.74) is 0.637. The van der Waals surface area contributed by atoms with Gasteiger partial charge in [0.15, 0.2) is 11.5 Å². The van der Waals surface area contributed by atoms with Crippen molar-refractivity contribution >= 4 is 41.0 Å². The molecule has 1 spiro atoms. The lowest BCUT2D eigenvalue weighted by molar-refractivity contribution is -0.128. The van der Waals surface area contributed by atoms with Gasteiger partial charge in [0.1, 0.15) is 0 Å². The Balaban J connectivity index is 1.27. The topological polar surface area (TPSA) is 125 Å². The number of fused-ring (bicyclic) bond motifs is 1. The van der Waals surface area contributed by atoms with Gasteiger partial charge in [-0.1, -0.05) is 23.5 Å². The first-order valence-corrected chi connectivity index (χ1v) is 13.0. The number of carbonyl (C=O) groups excluding carboxylic acids is 2. The fraction of sp³-hybridized carbons (Fsp3) is 0.524. The van der Waals surface area contributed by atoms with Gasteiger partial charge in [0.2, 0.25) is 22.1 Å². The van der Waals surface area contributed by atoms with Crippen LogP contribution in [-0.2, 0) is 9.59 Å². The van der Waals surface area contributed by atoms with E-state index in [1.54, 1.807) is 17.0 Å². The average Bonchev–Trinajstić information content (AvgIpc) is 3.50. The molecule has 4 rings (SSSR count). The second-order valence-corrected chi connectivity index (χ2v) is 9.70. The van der Waals surface area contributed by atoms with E-state index in [4.69, 9.17) is 15.3 Å². The predicted octanol–water partition coefficient (Wildman–Crippen LogP) is 2.72. The minimum Gasteiger partial charge on any atom is -0.448 e. The smallest absolute Gasteiger partial charge is 0.251 e. The first-order chi connectivity index (χ1) is 15.9. The molecule has 2 heterocycles. The highest BCUT2D eigenvalue weighted by Crippen LogP contribution is 2.47. The van der Waals surface area contributed by atoms with Crippen LogP contribution in [0.5, 0.6) is 11.5 Å². The molecular formula is C21H28N6O4S2. The first-order valence-electron chi connectivity index (χ1n) is 11.0. The van der Waals surface area contributed by atoms with E-state index in [0.717, 1.165) is 25.7 Å². The van der Waals surface area contributed by atoms with E-state index in [-0.39, 0.29) is 23.3 Å². The minimum absolute atomic E-state index is 0.0177. The van der Waals surface area contributed by atoms with Gasteiger partial charge in [0.05, 0.1) is 11.5 Å². The molecule has 1 saturated carbocycles. The van der Waals surface area contributed by atoms with Gasteiger partial charge in [-0.3, -0.25) is 9.59 Å². The molecule has 0 saturated heterocycles. The number of nitrogen functional groups attached to an aromatic ring is 1. The van der Waals surface area contributed by atoms with Crippen molar-refractivity contribution in [2.45, 2.75) is 55.6 Å². The molecule has 178 valence electrons. The summed E-state index contributed by atoms with van der Waals surface area (Å²) in [6, 6.07) is 5.41. The van der Waals surface area contributed by atoms with E-state index in [0.29, 0.717) is 40.6 Å². The number of ether oxygens (including phenoxy) is 2. The normalized spacial score (nSPS) is 15.7. The average molecular weight is 493 g/mol. The maximum atomic E-state index is 12.5. The van der Waals surface area contributed by atoms with Gasteiger partial charge in [-0.2, -0.15) is 0 Å². The maximum absolute atomic E-state index is 12.5. The molecule has 1 aromatic carbocycles. The Kier molecular flexibility index (Phi) is 7.23. The van der Waals surface area contributed by atoms with Crippen molar-refractivity contribution in [3.05, 3.63) is 18.2 Å². The van der Waals surface area contributed by atoms with Crippen molar-refractivity contribution in [1.29, 1.82) is 0 Å². The Morgan fingerprint density at radius 1 is 1.09 bits per heavy atom. The van der Waals surface area contributed by atoms with E-state index in [2.05, 4.69) is 15.5 Å². The van der Waals surface area contributed by atoms with E-state index < -0.39 is 5.79 Å². The molecule has 1 aliphatic heterocycles. The van der Waals surface area contributed by atoms with Crippen LogP contribution in [0.4, 0.5) is 5.69 Å². The van der Waals surface area contributed by atoms with Gasteiger partial charge in [0.25, 0.3) is 5.79 Å². The molecule has 2 aromatic rings. The second kappa shape index (κ2) is 10.1. The number of nitrogens with one attached hydrogen (secondary N) is 1. The van der Waals surface area contributed by atoms with Gasteiger partial charge in [0, 0.05) is 37.7 Å². The Labute approximate surface area is 200 Å². The molecule has 0 bridgehead atoms. The number of nitrogens with zero attached hydrogens (tertiary/aromatic N) is 4. The van der Waals surface area contributed by atoms with Gasteiger partial charge in [-0.25, -0.2) is 4.68 Å². The van der Waals surface area contributed by atoms with Crippen molar-refractivity contribution < 1.29 is 19.1 Å². The standard InChI is InChI=1S/C21H28N6O4S2/c1-3-26(4-2)18(29)13-33-20-25-24-19(27(20)22)32-12-17(28)23-14-7-8-15-16(11-14)31-21(30-15)9-5-6-10-21/h7-8,11H,3-6,9-10,12-13,22H2,1-2H3,(H,23,28).